The summed E-state index contributed by atoms with van der Waals surface area (Å²) in [5, 5.41) is 3.51. The summed E-state index contributed by atoms with van der Waals surface area (Å²) in [5.41, 5.74) is 3.13. The number of hydrogen-bond donors (Lipinski definition) is 1. The highest BCUT2D eigenvalue weighted by molar-refractivity contribution is 6.30. The summed E-state index contributed by atoms with van der Waals surface area (Å²) in [4.78, 5) is 14.7. The van der Waals surface area contributed by atoms with Crippen molar-refractivity contribution >= 4 is 23.2 Å². The molecule has 0 radical (unpaired) electrons. The fourth-order valence-corrected chi connectivity index (χ4v) is 3.37. The van der Waals surface area contributed by atoms with Crippen molar-refractivity contribution in [2.45, 2.75) is 19.4 Å². The first-order valence-electron chi connectivity index (χ1n) is 8.06. The van der Waals surface area contributed by atoms with E-state index >= 15 is 0 Å². The van der Waals surface area contributed by atoms with Gasteiger partial charge in [0.2, 0.25) is 0 Å². The van der Waals surface area contributed by atoms with E-state index in [4.69, 9.17) is 16.3 Å². The molecule has 126 valence electrons. The number of carbonyl (C=O) groups excluding carboxylic acids is 1. The van der Waals surface area contributed by atoms with Gasteiger partial charge in [-0.25, -0.2) is 0 Å². The Hall–Kier alpha value is -2.20. The predicted molar refractivity (Wildman–Crippen MR) is 97.3 cm³/mol. The van der Waals surface area contributed by atoms with Crippen LogP contribution < -0.4 is 15.0 Å². The van der Waals surface area contributed by atoms with Gasteiger partial charge in [0.05, 0.1) is 12.7 Å². The van der Waals surface area contributed by atoms with Crippen molar-refractivity contribution < 1.29 is 9.53 Å². The average molecular weight is 345 g/mol. The van der Waals surface area contributed by atoms with Gasteiger partial charge >= 0.3 is 0 Å². The molecule has 1 atom stereocenters. The molecule has 1 amide bonds. The van der Waals surface area contributed by atoms with Gasteiger partial charge < -0.3 is 15.0 Å². The van der Waals surface area contributed by atoms with Crippen LogP contribution in [0.1, 0.15) is 22.8 Å². The molecule has 3 rings (SSSR count). The third-order valence-corrected chi connectivity index (χ3v) is 4.63. The molecule has 4 nitrogen and oxygen atoms in total. The quantitative estimate of drug-likeness (QED) is 0.902. The summed E-state index contributed by atoms with van der Waals surface area (Å²) in [6.07, 6.45) is 1.05. The monoisotopic (exact) mass is 344 g/mol. The predicted octanol–water partition coefficient (Wildman–Crippen LogP) is 3.53. The molecule has 24 heavy (non-hydrogen) atoms. The number of nitrogens with one attached hydrogen (secondary N) is 1. The van der Waals surface area contributed by atoms with Crippen molar-refractivity contribution in [3.8, 4) is 5.75 Å². The van der Waals surface area contributed by atoms with Crippen LogP contribution in [-0.2, 0) is 6.42 Å². The SMILES string of the molecule is COc1cc(Cl)ccc1C(=O)NCCN1c2ccccc2CC1C. The molecule has 0 spiro atoms. The normalized spacial score (nSPS) is 16.0. The number of para-hydroxylation sites is 1. The van der Waals surface area contributed by atoms with Crippen molar-refractivity contribution in [3.05, 3.63) is 58.6 Å². The van der Waals surface area contributed by atoms with E-state index in [0.29, 0.717) is 28.9 Å². The topological polar surface area (TPSA) is 41.6 Å². The standard InChI is InChI=1S/C19H21ClN2O2/c1-13-11-14-5-3-4-6-17(14)22(13)10-9-21-19(23)16-8-7-15(20)12-18(16)24-2/h3-8,12-13H,9-11H2,1-2H3,(H,21,23). The highest BCUT2D eigenvalue weighted by atomic mass is 35.5. The lowest BCUT2D eigenvalue weighted by Crippen LogP contribution is -2.37. The number of nitrogens with zero attached hydrogens (tertiary/aromatic N) is 1. The minimum atomic E-state index is -0.149. The smallest absolute Gasteiger partial charge is 0.255 e. The number of hydrogen-bond acceptors (Lipinski definition) is 3. The number of amides is 1. The third kappa shape index (κ3) is 3.34. The molecular formula is C19H21ClN2O2. The van der Waals surface area contributed by atoms with Gasteiger partial charge in [0.25, 0.3) is 5.91 Å². The molecule has 0 saturated carbocycles. The zero-order chi connectivity index (χ0) is 17.1. The summed E-state index contributed by atoms with van der Waals surface area (Å²) in [5.74, 6) is 0.337. The number of ether oxygens (including phenoxy) is 1. The van der Waals surface area contributed by atoms with Gasteiger partial charge in [0, 0.05) is 29.8 Å². The summed E-state index contributed by atoms with van der Waals surface area (Å²) < 4.78 is 5.23. The van der Waals surface area contributed by atoms with Gasteiger partial charge in [-0.05, 0) is 43.2 Å². The lowest BCUT2D eigenvalue weighted by molar-refractivity contribution is 0.0951. The maximum absolute atomic E-state index is 12.4. The zero-order valence-electron chi connectivity index (χ0n) is 13.9. The number of fused-ring (bicyclic) bond motifs is 1. The first-order valence-corrected chi connectivity index (χ1v) is 8.44. The maximum atomic E-state index is 12.4. The average Bonchev–Trinajstić information content (AvgIpc) is 2.90. The van der Waals surface area contributed by atoms with Crippen LogP contribution in [0.2, 0.25) is 5.02 Å². The second-order valence-electron chi connectivity index (χ2n) is 5.98. The fraction of sp³-hybridized carbons (Fsp3) is 0.316. The number of methoxy groups -OCH3 is 1. The van der Waals surface area contributed by atoms with Gasteiger partial charge in [-0.3, -0.25) is 4.79 Å². The number of anilines is 1. The van der Waals surface area contributed by atoms with Crippen LogP contribution in [0.5, 0.6) is 5.75 Å². The van der Waals surface area contributed by atoms with Crippen LogP contribution in [0.4, 0.5) is 5.69 Å². The first-order chi connectivity index (χ1) is 11.6. The second-order valence-corrected chi connectivity index (χ2v) is 6.41. The van der Waals surface area contributed by atoms with Crippen LogP contribution in [-0.4, -0.2) is 32.1 Å². The molecule has 0 saturated heterocycles. The van der Waals surface area contributed by atoms with E-state index < -0.39 is 0 Å². The molecule has 2 aromatic carbocycles. The molecule has 0 bridgehead atoms. The van der Waals surface area contributed by atoms with E-state index in [1.807, 2.05) is 0 Å². The van der Waals surface area contributed by atoms with Crippen molar-refractivity contribution in [1.82, 2.24) is 5.32 Å². The third-order valence-electron chi connectivity index (χ3n) is 4.39. The van der Waals surface area contributed by atoms with Crippen LogP contribution in [0.25, 0.3) is 0 Å². The van der Waals surface area contributed by atoms with E-state index in [9.17, 15) is 4.79 Å². The molecule has 1 aliphatic rings. The molecule has 0 aliphatic carbocycles. The zero-order valence-corrected chi connectivity index (χ0v) is 14.6. The molecular weight excluding hydrogens is 324 g/mol. The van der Waals surface area contributed by atoms with Gasteiger partial charge in [-0.2, -0.15) is 0 Å². The Morgan fingerprint density at radius 3 is 2.92 bits per heavy atom. The molecule has 0 aromatic heterocycles. The molecule has 5 heteroatoms. The van der Waals surface area contributed by atoms with Gasteiger partial charge in [-0.15, -0.1) is 0 Å². The number of rotatable bonds is 5. The number of carbonyl (C=O) groups is 1. The molecule has 1 unspecified atom stereocenters. The summed E-state index contributed by atoms with van der Waals surface area (Å²) in [7, 11) is 1.53. The highest BCUT2D eigenvalue weighted by Gasteiger charge is 2.25. The summed E-state index contributed by atoms with van der Waals surface area (Å²) in [6, 6.07) is 13.9. The van der Waals surface area contributed by atoms with Crippen LogP contribution in [0.3, 0.4) is 0 Å². The lowest BCUT2D eigenvalue weighted by atomic mass is 10.1. The Bertz CT molecular complexity index is 748. The molecule has 1 N–H and O–H groups in total. The van der Waals surface area contributed by atoms with Gasteiger partial charge in [0.1, 0.15) is 5.75 Å². The summed E-state index contributed by atoms with van der Waals surface area (Å²) in [6.45, 7) is 3.56. The van der Waals surface area contributed by atoms with E-state index in [2.05, 4.69) is 41.4 Å². The van der Waals surface area contributed by atoms with E-state index in [1.54, 1.807) is 18.2 Å². The molecule has 1 aliphatic heterocycles. The number of halogens is 1. The Morgan fingerprint density at radius 1 is 1.33 bits per heavy atom. The van der Waals surface area contributed by atoms with Crippen molar-refractivity contribution in [1.29, 1.82) is 0 Å². The van der Waals surface area contributed by atoms with E-state index in [0.717, 1.165) is 13.0 Å². The second kappa shape index (κ2) is 7.14. The van der Waals surface area contributed by atoms with E-state index in [1.165, 1.54) is 18.4 Å². The Morgan fingerprint density at radius 2 is 2.12 bits per heavy atom. The Balaban J connectivity index is 1.62. The fourth-order valence-electron chi connectivity index (χ4n) is 3.21. The Kier molecular flexibility index (Phi) is 4.95. The van der Waals surface area contributed by atoms with Crippen LogP contribution in [0.15, 0.2) is 42.5 Å². The minimum Gasteiger partial charge on any atom is -0.496 e. The number of benzene rings is 2. The molecule has 0 fully saturated rings. The molecule has 1 heterocycles. The Labute approximate surface area is 147 Å². The molecule has 2 aromatic rings. The van der Waals surface area contributed by atoms with Crippen LogP contribution in [0, 0.1) is 0 Å². The van der Waals surface area contributed by atoms with Crippen molar-refractivity contribution in [2.75, 3.05) is 25.1 Å². The lowest BCUT2D eigenvalue weighted by Gasteiger charge is -2.25. The maximum Gasteiger partial charge on any atom is 0.255 e. The highest BCUT2D eigenvalue weighted by Crippen LogP contribution is 2.31. The van der Waals surface area contributed by atoms with Gasteiger partial charge in [0.15, 0.2) is 0 Å². The summed E-state index contributed by atoms with van der Waals surface area (Å²) >= 11 is 5.94. The first kappa shape index (κ1) is 16.7. The van der Waals surface area contributed by atoms with E-state index in [-0.39, 0.29) is 5.91 Å². The van der Waals surface area contributed by atoms with Gasteiger partial charge in [-0.1, -0.05) is 29.8 Å². The van der Waals surface area contributed by atoms with Crippen LogP contribution >= 0.6 is 11.6 Å². The minimum absolute atomic E-state index is 0.149. The largest absolute Gasteiger partial charge is 0.496 e. The van der Waals surface area contributed by atoms with Crippen molar-refractivity contribution in [2.24, 2.45) is 0 Å². The van der Waals surface area contributed by atoms with Crippen molar-refractivity contribution in [3.63, 3.8) is 0 Å².